The highest BCUT2D eigenvalue weighted by Crippen LogP contribution is 2.22. The monoisotopic (exact) mass is 362 g/mol. The van der Waals surface area contributed by atoms with Crippen LogP contribution in [0.3, 0.4) is 0 Å². The van der Waals surface area contributed by atoms with Crippen LogP contribution in [-0.4, -0.2) is 47.1 Å². The van der Waals surface area contributed by atoms with Crippen molar-refractivity contribution < 1.29 is 14.3 Å². The Morgan fingerprint density at radius 1 is 1.42 bits per heavy atom. The van der Waals surface area contributed by atoms with E-state index in [1.54, 1.807) is 18.5 Å². The third kappa shape index (κ3) is 6.29. The smallest absolute Gasteiger partial charge is 0.412 e. The van der Waals surface area contributed by atoms with Gasteiger partial charge >= 0.3 is 6.09 Å². The summed E-state index contributed by atoms with van der Waals surface area (Å²) in [5.41, 5.74) is 1.04. The number of anilines is 1. The van der Waals surface area contributed by atoms with Crippen molar-refractivity contribution in [2.75, 3.05) is 25.0 Å². The summed E-state index contributed by atoms with van der Waals surface area (Å²) in [6, 6.07) is 1.78. The molecule has 1 aromatic rings. The van der Waals surface area contributed by atoms with Crippen LogP contribution in [0.4, 0.5) is 10.5 Å². The van der Waals surface area contributed by atoms with Crippen molar-refractivity contribution in [2.24, 2.45) is 0 Å². The molecule has 144 valence electrons. The van der Waals surface area contributed by atoms with Crippen molar-refractivity contribution in [3.8, 4) is 0 Å². The van der Waals surface area contributed by atoms with Gasteiger partial charge in [0.25, 0.3) is 0 Å². The number of nitrogens with one attached hydrogen (secondary N) is 2. The highest BCUT2D eigenvalue weighted by atomic mass is 16.6. The van der Waals surface area contributed by atoms with Crippen LogP contribution in [0.1, 0.15) is 58.6 Å². The van der Waals surface area contributed by atoms with E-state index < -0.39 is 11.7 Å². The molecule has 0 aromatic carbocycles. The standard InChI is InChI=1S/C19H30N4O3/c1-14(21-9-6-12-23-11-5-7-17(23)24)15-13-20-10-8-16(15)22-18(25)26-19(2,3)4/h8,10,13-14,21H,5-7,9,11-12H2,1-4H3,(H,20,22,25). The molecule has 0 spiro atoms. The zero-order valence-electron chi connectivity index (χ0n) is 16.2. The van der Waals surface area contributed by atoms with Gasteiger partial charge in [-0.25, -0.2) is 4.79 Å². The van der Waals surface area contributed by atoms with E-state index in [4.69, 9.17) is 4.74 Å². The molecule has 2 amide bonds. The molecule has 1 aliphatic rings. The summed E-state index contributed by atoms with van der Waals surface area (Å²) in [6.07, 6.45) is 5.45. The van der Waals surface area contributed by atoms with E-state index in [2.05, 4.69) is 15.6 Å². The normalized spacial score (nSPS) is 15.8. The number of pyridine rings is 1. The Bertz CT molecular complexity index is 627. The quantitative estimate of drug-likeness (QED) is 0.728. The molecule has 1 fully saturated rings. The summed E-state index contributed by atoms with van der Waals surface area (Å²) in [5, 5.41) is 6.22. The number of hydrogen-bond donors (Lipinski definition) is 2. The number of carbonyl (C=O) groups is 2. The minimum Gasteiger partial charge on any atom is -0.444 e. The zero-order chi connectivity index (χ0) is 19.2. The predicted molar refractivity (Wildman–Crippen MR) is 101 cm³/mol. The molecule has 1 aliphatic heterocycles. The maximum Gasteiger partial charge on any atom is 0.412 e. The van der Waals surface area contributed by atoms with Crippen LogP contribution < -0.4 is 10.6 Å². The second-order valence-electron chi connectivity index (χ2n) is 7.60. The number of rotatable bonds is 7. The summed E-state index contributed by atoms with van der Waals surface area (Å²) >= 11 is 0. The molecule has 2 heterocycles. The second kappa shape index (κ2) is 8.98. The van der Waals surface area contributed by atoms with Gasteiger partial charge in [0.05, 0.1) is 5.69 Å². The van der Waals surface area contributed by atoms with Gasteiger partial charge in [0.2, 0.25) is 5.91 Å². The number of hydrogen-bond acceptors (Lipinski definition) is 5. The van der Waals surface area contributed by atoms with Crippen molar-refractivity contribution in [2.45, 2.75) is 58.6 Å². The van der Waals surface area contributed by atoms with Gasteiger partial charge in [-0.1, -0.05) is 0 Å². The number of ether oxygens (including phenoxy) is 1. The zero-order valence-corrected chi connectivity index (χ0v) is 16.2. The first kappa shape index (κ1) is 20.2. The first-order valence-corrected chi connectivity index (χ1v) is 9.21. The Morgan fingerprint density at radius 3 is 2.85 bits per heavy atom. The molecule has 7 nitrogen and oxygen atoms in total. The molecule has 1 saturated heterocycles. The van der Waals surface area contributed by atoms with Crippen LogP contribution in [-0.2, 0) is 9.53 Å². The number of aromatic nitrogens is 1. The number of nitrogens with zero attached hydrogens (tertiary/aromatic N) is 2. The van der Waals surface area contributed by atoms with Crippen molar-refractivity contribution >= 4 is 17.7 Å². The summed E-state index contributed by atoms with van der Waals surface area (Å²) in [4.78, 5) is 29.7. The molecule has 1 aromatic heterocycles. The molecule has 1 atom stereocenters. The molecule has 2 N–H and O–H groups in total. The molecule has 0 radical (unpaired) electrons. The van der Waals surface area contributed by atoms with Crippen molar-refractivity contribution in [3.05, 3.63) is 24.0 Å². The Labute approximate surface area is 155 Å². The molecule has 7 heteroatoms. The van der Waals surface area contributed by atoms with E-state index in [0.717, 1.165) is 38.0 Å². The summed E-state index contributed by atoms with van der Waals surface area (Å²) in [7, 11) is 0. The predicted octanol–water partition coefficient (Wildman–Crippen LogP) is 3.09. The lowest BCUT2D eigenvalue weighted by Crippen LogP contribution is -2.30. The van der Waals surface area contributed by atoms with Gasteiger partial charge in [-0.2, -0.15) is 0 Å². The minimum atomic E-state index is -0.547. The maximum atomic E-state index is 12.0. The SMILES string of the molecule is CC(NCCCN1CCCC1=O)c1cnccc1NC(=O)OC(C)(C)C. The third-order valence-corrected chi connectivity index (χ3v) is 4.18. The molecule has 0 saturated carbocycles. The van der Waals surface area contributed by atoms with Gasteiger partial charge < -0.3 is 15.0 Å². The Kier molecular flexibility index (Phi) is 6.97. The fourth-order valence-corrected chi connectivity index (χ4v) is 2.92. The Hall–Kier alpha value is -2.15. The average molecular weight is 362 g/mol. The molecular formula is C19H30N4O3. The third-order valence-electron chi connectivity index (χ3n) is 4.18. The number of carbonyl (C=O) groups excluding carboxylic acids is 2. The molecule has 26 heavy (non-hydrogen) atoms. The highest BCUT2D eigenvalue weighted by Gasteiger charge is 2.20. The topological polar surface area (TPSA) is 83.6 Å². The van der Waals surface area contributed by atoms with E-state index in [9.17, 15) is 9.59 Å². The van der Waals surface area contributed by atoms with Gasteiger partial charge in [0, 0.05) is 43.5 Å². The van der Waals surface area contributed by atoms with Gasteiger partial charge in [0.1, 0.15) is 5.60 Å². The highest BCUT2D eigenvalue weighted by molar-refractivity contribution is 5.85. The van der Waals surface area contributed by atoms with Crippen molar-refractivity contribution in [1.82, 2.24) is 15.2 Å². The largest absolute Gasteiger partial charge is 0.444 e. The van der Waals surface area contributed by atoms with Crippen molar-refractivity contribution in [1.29, 1.82) is 0 Å². The van der Waals surface area contributed by atoms with Crippen LogP contribution in [0, 0.1) is 0 Å². The lowest BCUT2D eigenvalue weighted by atomic mass is 10.1. The molecular weight excluding hydrogens is 332 g/mol. The Balaban J connectivity index is 1.85. The van der Waals surface area contributed by atoms with Crippen LogP contribution in [0.2, 0.25) is 0 Å². The van der Waals surface area contributed by atoms with Crippen LogP contribution in [0.25, 0.3) is 0 Å². The summed E-state index contributed by atoms with van der Waals surface area (Å²) in [5.74, 6) is 0.258. The fourth-order valence-electron chi connectivity index (χ4n) is 2.92. The summed E-state index contributed by atoms with van der Waals surface area (Å²) in [6.45, 7) is 9.96. The lowest BCUT2D eigenvalue weighted by molar-refractivity contribution is -0.127. The fraction of sp³-hybridized carbons (Fsp3) is 0.632. The van der Waals surface area contributed by atoms with Gasteiger partial charge in [-0.05, 0) is 53.1 Å². The van der Waals surface area contributed by atoms with Gasteiger partial charge in [0.15, 0.2) is 0 Å². The maximum absolute atomic E-state index is 12.0. The first-order valence-electron chi connectivity index (χ1n) is 9.21. The van der Waals surface area contributed by atoms with E-state index >= 15 is 0 Å². The van der Waals surface area contributed by atoms with E-state index in [1.165, 1.54) is 0 Å². The Morgan fingerprint density at radius 2 is 2.19 bits per heavy atom. The van der Waals surface area contributed by atoms with Gasteiger partial charge in [-0.3, -0.25) is 15.1 Å². The second-order valence-corrected chi connectivity index (χ2v) is 7.60. The van der Waals surface area contributed by atoms with E-state index in [1.807, 2.05) is 32.6 Å². The minimum absolute atomic E-state index is 0.0166. The van der Waals surface area contributed by atoms with Gasteiger partial charge in [-0.15, -0.1) is 0 Å². The average Bonchev–Trinajstić information content (AvgIpc) is 2.95. The number of likely N-dealkylation sites (tertiary alicyclic amines) is 1. The van der Waals surface area contributed by atoms with Crippen molar-refractivity contribution in [3.63, 3.8) is 0 Å². The molecule has 0 bridgehead atoms. The first-order chi connectivity index (χ1) is 12.3. The summed E-state index contributed by atoms with van der Waals surface area (Å²) < 4.78 is 5.31. The van der Waals surface area contributed by atoms with E-state index in [0.29, 0.717) is 12.1 Å². The van der Waals surface area contributed by atoms with Crippen LogP contribution >= 0.6 is 0 Å². The number of amides is 2. The molecule has 2 rings (SSSR count). The van der Waals surface area contributed by atoms with E-state index in [-0.39, 0.29) is 11.9 Å². The molecule has 0 aliphatic carbocycles. The lowest BCUT2D eigenvalue weighted by Gasteiger charge is -2.22. The van der Waals surface area contributed by atoms with Crippen LogP contribution in [0.15, 0.2) is 18.5 Å². The molecule has 1 unspecified atom stereocenters. The van der Waals surface area contributed by atoms with Crippen LogP contribution in [0.5, 0.6) is 0 Å².